The van der Waals surface area contributed by atoms with Gasteiger partial charge in [0.25, 0.3) is 0 Å². The van der Waals surface area contributed by atoms with Crippen LogP contribution in [0.3, 0.4) is 0 Å². The first-order valence-electron chi connectivity index (χ1n) is 5.78. The minimum absolute atomic E-state index is 0.256. The van der Waals surface area contributed by atoms with Crippen LogP contribution >= 0.6 is 39.1 Å². The number of rotatable bonds is 2. The van der Waals surface area contributed by atoms with Gasteiger partial charge in [0, 0.05) is 15.2 Å². The monoisotopic (exact) mass is 386 g/mol. The predicted molar refractivity (Wildman–Crippen MR) is 87.9 cm³/mol. The molecule has 2 N–H and O–H groups in total. The van der Waals surface area contributed by atoms with Crippen molar-refractivity contribution < 1.29 is 9.59 Å². The van der Waals surface area contributed by atoms with E-state index >= 15 is 0 Å². The molecule has 0 fully saturated rings. The fourth-order valence-corrected chi connectivity index (χ4v) is 2.38. The van der Waals surface area contributed by atoms with E-state index in [1.807, 2.05) is 6.07 Å². The van der Waals surface area contributed by atoms with Crippen molar-refractivity contribution in [2.45, 2.75) is 0 Å². The SMILES string of the molecule is O=C(Nc1cccc(Br)c1)C(=O)Nc1ccc(Cl)cc1Cl. The first kappa shape index (κ1) is 15.8. The largest absolute Gasteiger partial charge is 0.318 e. The van der Waals surface area contributed by atoms with Crippen molar-refractivity contribution in [3.05, 3.63) is 57.0 Å². The van der Waals surface area contributed by atoms with Crippen LogP contribution in [-0.2, 0) is 9.59 Å². The molecule has 0 radical (unpaired) electrons. The van der Waals surface area contributed by atoms with Gasteiger partial charge in [0.15, 0.2) is 0 Å². The second-order valence-electron chi connectivity index (χ2n) is 4.04. The van der Waals surface area contributed by atoms with Crippen LogP contribution in [0.25, 0.3) is 0 Å². The number of halogens is 3. The van der Waals surface area contributed by atoms with Gasteiger partial charge < -0.3 is 10.6 Å². The van der Waals surface area contributed by atoms with E-state index in [1.54, 1.807) is 24.3 Å². The molecular formula is C14H9BrCl2N2O2. The fraction of sp³-hybridized carbons (Fsp3) is 0. The van der Waals surface area contributed by atoms with Crippen molar-refractivity contribution in [2.24, 2.45) is 0 Å². The van der Waals surface area contributed by atoms with Crippen LogP contribution in [0, 0.1) is 0 Å². The zero-order chi connectivity index (χ0) is 15.4. The lowest BCUT2D eigenvalue weighted by Gasteiger charge is -2.08. The normalized spacial score (nSPS) is 10.0. The summed E-state index contributed by atoms with van der Waals surface area (Å²) in [6.07, 6.45) is 0. The third-order valence-electron chi connectivity index (χ3n) is 2.47. The summed E-state index contributed by atoms with van der Waals surface area (Å²) in [6.45, 7) is 0. The lowest BCUT2D eigenvalue weighted by Crippen LogP contribution is -2.29. The highest BCUT2D eigenvalue weighted by Crippen LogP contribution is 2.25. The average Bonchev–Trinajstić information content (AvgIpc) is 2.41. The topological polar surface area (TPSA) is 58.2 Å². The summed E-state index contributed by atoms with van der Waals surface area (Å²) in [7, 11) is 0. The number of anilines is 2. The number of carbonyl (C=O) groups excluding carboxylic acids is 2. The molecule has 0 aromatic heterocycles. The second kappa shape index (κ2) is 6.93. The van der Waals surface area contributed by atoms with Gasteiger partial charge >= 0.3 is 11.8 Å². The molecule has 4 nitrogen and oxygen atoms in total. The quantitative estimate of drug-likeness (QED) is 0.753. The van der Waals surface area contributed by atoms with Gasteiger partial charge in [0.2, 0.25) is 0 Å². The first-order chi connectivity index (χ1) is 9.95. The smallest absolute Gasteiger partial charge is 0.314 e. The highest BCUT2D eigenvalue weighted by Gasteiger charge is 2.15. The first-order valence-corrected chi connectivity index (χ1v) is 7.33. The van der Waals surface area contributed by atoms with Gasteiger partial charge in [-0.1, -0.05) is 45.2 Å². The number of carbonyl (C=O) groups is 2. The van der Waals surface area contributed by atoms with E-state index < -0.39 is 11.8 Å². The van der Waals surface area contributed by atoms with Crippen molar-refractivity contribution in [1.82, 2.24) is 0 Å². The summed E-state index contributed by atoms with van der Waals surface area (Å²) in [6, 6.07) is 11.5. The molecule has 0 bridgehead atoms. The zero-order valence-corrected chi connectivity index (χ0v) is 13.6. The van der Waals surface area contributed by atoms with Crippen molar-refractivity contribution >= 4 is 62.3 Å². The van der Waals surface area contributed by atoms with Crippen LogP contribution in [0.15, 0.2) is 46.9 Å². The third-order valence-corrected chi connectivity index (χ3v) is 3.51. The minimum atomic E-state index is -0.820. The van der Waals surface area contributed by atoms with E-state index in [0.29, 0.717) is 16.4 Å². The maximum Gasteiger partial charge on any atom is 0.314 e. The lowest BCUT2D eigenvalue weighted by molar-refractivity contribution is -0.132. The van der Waals surface area contributed by atoms with Crippen molar-refractivity contribution in [3.8, 4) is 0 Å². The van der Waals surface area contributed by atoms with E-state index in [0.717, 1.165) is 4.47 Å². The van der Waals surface area contributed by atoms with Gasteiger partial charge in [-0.3, -0.25) is 9.59 Å². The summed E-state index contributed by atoms with van der Waals surface area (Å²) in [5.74, 6) is -1.61. The Morgan fingerprint density at radius 3 is 2.33 bits per heavy atom. The van der Waals surface area contributed by atoms with E-state index in [4.69, 9.17) is 23.2 Å². The van der Waals surface area contributed by atoms with Gasteiger partial charge in [-0.05, 0) is 36.4 Å². The molecular weight excluding hydrogens is 379 g/mol. The van der Waals surface area contributed by atoms with Crippen molar-refractivity contribution in [3.63, 3.8) is 0 Å². The Labute approximate surface area is 139 Å². The number of hydrogen-bond donors (Lipinski definition) is 2. The predicted octanol–water partition coefficient (Wildman–Crippen LogP) is 4.33. The molecule has 21 heavy (non-hydrogen) atoms. The summed E-state index contributed by atoms with van der Waals surface area (Å²) < 4.78 is 0.793. The molecule has 0 saturated carbocycles. The van der Waals surface area contributed by atoms with Crippen LogP contribution in [0.5, 0.6) is 0 Å². The van der Waals surface area contributed by atoms with Gasteiger partial charge in [-0.15, -0.1) is 0 Å². The van der Waals surface area contributed by atoms with Crippen LogP contribution in [0.1, 0.15) is 0 Å². The highest BCUT2D eigenvalue weighted by molar-refractivity contribution is 9.10. The molecule has 0 aliphatic carbocycles. The Hall–Kier alpha value is -1.56. The Balaban J connectivity index is 2.04. The van der Waals surface area contributed by atoms with E-state index in [-0.39, 0.29) is 5.02 Å². The molecule has 2 aromatic carbocycles. The van der Waals surface area contributed by atoms with Gasteiger partial charge in [-0.25, -0.2) is 0 Å². The second-order valence-corrected chi connectivity index (χ2v) is 5.80. The molecule has 0 unspecified atom stereocenters. The molecule has 0 heterocycles. The number of hydrogen-bond acceptors (Lipinski definition) is 2. The summed E-state index contributed by atoms with van der Waals surface area (Å²) >= 11 is 15.0. The molecule has 108 valence electrons. The zero-order valence-electron chi connectivity index (χ0n) is 10.5. The molecule has 2 aromatic rings. The summed E-state index contributed by atoms with van der Waals surface area (Å²) in [4.78, 5) is 23.6. The molecule has 0 saturated heterocycles. The van der Waals surface area contributed by atoms with Crippen LogP contribution in [0.2, 0.25) is 10.0 Å². The molecule has 2 amide bonds. The Bertz CT molecular complexity index is 707. The molecule has 2 rings (SSSR count). The van der Waals surface area contributed by atoms with Gasteiger partial charge in [0.05, 0.1) is 10.7 Å². The van der Waals surface area contributed by atoms with Gasteiger partial charge in [-0.2, -0.15) is 0 Å². The Kier molecular flexibility index (Phi) is 5.22. The van der Waals surface area contributed by atoms with Crippen LogP contribution < -0.4 is 10.6 Å². The standard InChI is InChI=1S/C14H9BrCl2N2O2/c15-8-2-1-3-10(6-8)18-13(20)14(21)19-12-5-4-9(16)7-11(12)17/h1-7H,(H,18,20)(H,19,21). The number of amides is 2. The average molecular weight is 388 g/mol. The minimum Gasteiger partial charge on any atom is -0.318 e. The Morgan fingerprint density at radius 2 is 1.67 bits per heavy atom. The molecule has 0 atom stereocenters. The van der Waals surface area contributed by atoms with E-state index in [9.17, 15) is 9.59 Å². The van der Waals surface area contributed by atoms with E-state index in [2.05, 4.69) is 26.6 Å². The highest BCUT2D eigenvalue weighted by atomic mass is 79.9. The lowest BCUT2D eigenvalue weighted by atomic mass is 10.3. The van der Waals surface area contributed by atoms with Crippen LogP contribution in [0.4, 0.5) is 11.4 Å². The summed E-state index contributed by atoms with van der Waals surface area (Å²) in [5, 5.41) is 5.60. The maximum absolute atomic E-state index is 11.8. The Morgan fingerprint density at radius 1 is 0.952 bits per heavy atom. The van der Waals surface area contributed by atoms with E-state index in [1.165, 1.54) is 12.1 Å². The van der Waals surface area contributed by atoms with Crippen LogP contribution in [-0.4, -0.2) is 11.8 Å². The molecule has 0 aliphatic heterocycles. The van der Waals surface area contributed by atoms with Gasteiger partial charge in [0.1, 0.15) is 0 Å². The summed E-state index contributed by atoms with van der Waals surface area (Å²) in [5.41, 5.74) is 0.821. The molecule has 0 spiro atoms. The van der Waals surface area contributed by atoms with Crippen molar-refractivity contribution in [2.75, 3.05) is 10.6 Å². The number of benzene rings is 2. The third kappa shape index (κ3) is 4.46. The number of nitrogens with one attached hydrogen (secondary N) is 2. The molecule has 7 heteroatoms. The fourth-order valence-electron chi connectivity index (χ4n) is 1.52. The van der Waals surface area contributed by atoms with Crippen molar-refractivity contribution in [1.29, 1.82) is 0 Å². The maximum atomic E-state index is 11.8. The molecule has 0 aliphatic rings.